The molecule has 0 aromatic rings. The van der Waals surface area contributed by atoms with E-state index in [1.807, 2.05) is 0 Å². The Bertz CT molecular complexity index is 118. The Balaban J connectivity index is 3.59. The van der Waals surface area contributed by atoms with Gasteiger partial charge in [-0.25, -0.2) is 0 Å². The zero-order valence-electron chi connectivity index (χ0n) is 7.30. The van der Waals surface area contributed by atoms with Crippen LogP contribution in [0.5, 0.6) is 0 Å². The summed E-state index contributed by atoms with van der Waals surface area (Å²) in [6.07, 6.45) is 3.27. The highest BCUT2D eigenvalue weighted by molar-refractivity contribution is 6.77. The fourth-order valence-electron chi connectivity index (χ4n) is 1.02. The van der Waals surface area contributed by atoms with Gasteiger partial charge in [0.25, 0.3) is 0 Å². The van der Waals surface area contributed by atoms with Gasteiger partial charge in [-0.2, -0.15) is 0 Å². The molecule has 0 aliphatic carbocycles. The van der Waals surface area contributed by atoms with Gasteiger partial charge in [0, 0.05) is 20.9 Å². The molecule has 0 amide bonds. The molecule has 0 N–H and O–H groups in total. The summed E-state index contributed by atoms with van der Waals surface area (Å²) >= 11 is 0. The van der Waals surface area contributed by atoms with Gasteiger partial charge in [0.1, 0.15) is 12.6 Å². The summed E-state index contributed by atoms with van der Waals surface area (Å²) in [4.78, 5) is 20.2. The van der Waals surface area contributed by atoms with Gasteiger partial charge in [-0.15, -0.1) is 0 Å². The van der Waals surface area contributed by atoms with Crippen LogP contribution in [0.15, 0.2) is 0 Å². The maximum Gasteiger partial charge on any atom is 0.119 e. The van der Waals surface area contributed by atoms with Crippen molar-refractivity contribution in [2.75, 3.05) is 0 Å². The molecule has 0 radical (unpaired) electrons. The molecule has 64 valence electrons. The van der Waals surface area contributed by atoms with Crippen LogP contribution in [0.2, 0.25) is 25.2 Å². The van der Waals surface area contributed by atoms with Gasteiger partial charge < -0.3 is 9.59 Å². The van der Waals surface area contributed by atoms with E-state index in [0.29, 0.717) is 12.8 Å². The van der Waals surface area contributed by atoms with E-state index < -0.39 is 8.07 Å². The molecular formula is C8H16O2Si. The minimum atomic E-state index is -1.21. The van der Waals surface area contributed by atoms with Gasteiger partial charge in [0.2, 0.25) is 0 Å². The molecule has 3 heteroatoms. The van der Waals surface area contributed by atoms with Crippen molar-refractivity contribution in [2.45, 2.75) is 38.0 Å². The van der Waals surface area contributed by atoms with E-state index in [9.17, 15) is 9.59 Å². The van der Waals surface area contributed by atoms with Crippen molar-refractivity contribution >= 4 is 20.6 Å². The van der Waals surface area contributed by atoms with Crippen molar-refractivity contribution in [1.82, 2.24) is 0 Å². The first-order valence-corrected chi connectivity index (χ1v) is 7.41. The first-order chi connectivity index (χ1) is 5.12. The standard InChI is InChI=1S/C8H16O2Si/c1-11(2,7-3-5-9)8-4-6-10/h5-6H,3-4,7-8H2,1-2H3. The Labute approximate surface area is 69.0 Å². The number of rotatable bonds is 6. The molecule has 0 saturated carbocycles. The van der Waals surface area contributed by atoms with E-state index in [1.165, 1.54) is 0 Å². The highest BCUT2D eigenvalue weighted by Gasteiger charge is 2.18. The third-order valence-electron chi connectivity index (χ3n) is 1.88. The lowest BCUT2D eigenvalue weighted by molar-refractivity contribution is -0.108. The predicted octanol–water partition coefficient (Wildman–Crippen LogP) is 1.87. The van der Waals surface area contributed by atoms with Crippen LogP contribution in [0, 0.1) is 0 Å². The summed E-state index contributed by atoms with van der Waals surface area (Å²) < 4.78 is 0. The largest absolute Gasteiger partial charge is 0.303 e. The van der Waals surface area contributed by atoms with Crippen LogP contribution >= 0.6 is 0 Å². The summed E-state index contributed by atoms with van der Waals surface area (Å²) in [5, 5.41) is 0. The smallest absolute Gasteiger partial charge is 0.119 e. The Morgan fingerprint density at radius 3 is 1.64 bits per heavy atom. The molecule has 0 heterocycles. The molecule has 0 rings (SSSR count). The second-order valence-corrected chi connectivity index (χ2v) is 8.90. The fourth-order valence-corrected chi connectivity index (χ4v) is 3.07. The maximum atomic E-state index is 10.1. The minimum absolute atomic E-state index is 0.665. The van der Waals surface area contributed by atoms with Gasteiger partial charge in [-0.05, 0) is 0 Å². The monoisotopic (exact) mass is 172 g/mol. The van der Waals surface area contributed by atoms with Crippen LogP contribution in [0.25, 0.3) is 0 Å². The summed E-state index contributed by atoms with van der Waals surface area (Å²) in [5.41, 5.74) is 0. The van der Waals surface area contributed by atoms with E-state index in [4.69, 9.17) is 0 Å². The average molecular weight is 172 g/mol. The van der Waals surface area contributed by atoms with Crippen LogP contribution in [-0.4, -0.2) is 20.6 Å². The molecule has 0 saturated heterocycles. The number of aldehydes is 2. The first-order valence-electron chi connectivity index (χ1n) is 4.00. The summed E-state index contributed by atoms with van der Waals surface area (Å²) in [5.74, 6) is 0. The van der Waals surface area contributed by atoms with Gasteiger partial charge in [-0.1, -0.05) is 25.2 Å². The highest BCUT2D eigenvalue weighted by atomic mass is 28.3. The van der Waals surface area contributed by atoms with Gasteiger partial charge in [0.15, 0.2) is 0 Å². The predicted molar refractivity (Wildman–Crippen MR) is 48.5 cm³/mol. The molecular weight excluding hydrogens is 156 g/mol. The van der Waals surface area contributed by atoms with Crippen LogP contribution < -0.4 is 0 Å². The van der Waals surface area contributed by atoms with Crippen molar-refractivity contribution in [3.8, 4) is 0 Å². The molecule has 0 aliphatic rings. The molecule has 2 nitrogen and oxygen atoms in total. The van der Waals surface area contributed by atoms with E-state index in [2.05, 4.69) is 13.1 Å². The summed E-state index contributed by atoms with van der Waals surface area (Å²) in [6, 6.07) is 2.04. The topological polar surface area (TPSA) is 34.1 Å². The average Bonchev–Trinajstić information content (AvgIpc) is 1.97. The minimum Gasteiger partial charge on any atom is -0.303 e. The third kappa shape index (κ3) is 5.98. The van der Waals surface area contributed by atoms with Gasteiger partial charge >= 0.3 is 0 Å². The van der Waals surface area contributed by atoms with Crippen LogP contribution in [0.3, 0.4) is 0 Å². The van der Waals surface area contributed by atoms with Crippen molar-refractivity contribution in [2.24, 2.45) is 0 Å². The fraction of sp³-hybridized carbons (Fsp3) is 0.750. The van der Waals surface area contributed by atoms with Crippen LogP contribution in [0.1, 0.15) is 12.8 Å². The number of hydrogen-bond acceptors (Lipinski definition) is 2. The van der Waals surface area contributed by atoms with E-state index in [-0.39, 0.29) is 0 Å². The quantitative estimate of drug-likeness (QED) is 0.453. The van der Waals surface area contributed by atoms with E-state index in [1.54, 1.807) is 0 Å². The lowest BCUT2D eigenvalue weighted by atomic mass is 10.5. The Hall–Kier alpha value is -0.443. The lowest BCUT2D eigenvalue weighted by Crippen LogP contribution is -2.24. The van der Waals surface area contributed by atoms with Crippen molar-refractivity contribution < 1.29 is 9.59 Å². The Kier molecular flexibility index (Phi) is 5.03. The maximum absolute atomic E-state index is 10.1. The molecule has 0 bridgehead atoms. The number of carbonyl (C=O) groups is 2. The molecule has 0 aliphatic heterocycles. The molecule has 0 spiro atoms. The van der Waals surface area contributed by atoms with Gasteiger partial charge in [-0.3, -0.25) is 0 Å². The Morgan fingerprint density at radius 2 is 1.36 bits per heavy atom. The SMILES string of the molecule is C[Si](C)(CCC=O)CCC=O. The second kappa shape index (κ2) is 5.24. The van der Waals surface area contributed by atoms with Crippen molar-refractivity contribution in [3.63, 3.8) is 0 Å². The number of carbonyl (C=O) groups excluding carboxylic acids is 2. The lowest BCUT2D eigenvalue weighted by Gasteiger charge is -2.19. The second-order valence-electron chi connectivity index (χ2n) is 3.57. The first kappa shape index (κ1) is 10.6. The van der Waals surface area contributed by atoms with Crippen LogP contribution in [0.4, 0.5) is 0 Å². The van der Waals surface area contributed by atoms with Crippen molar-refractivity contribution in [3.05, 3.63) is 0 Å². The molecule has 0 fully saturated rings. The zero-order valence-corrected chi connectivity index (χ0v) is 8.30. The number of hydrogen-bond donors (Lipinski definition) is 0. The van der Waals surface area contributed by atoms with Gasteiger partial charge in [0.05, 0.1) is 0 Å². The molecule has 0 atom stereocenters. The molecule has 11 heavy (non-hydrogen) atoms. The molecule has 0 unspecified atom stereocenters. The van der Waals surface area contributed by atoms with E-state index >= 15 is 0 Å². The zero-order chi connectivity index (χ0) is 8.74. The highest BCUT2D eigenvalue weighted by Crippen LogP contribution is 2.17. The normalized spacial score (nSPS) is 11.1. The van der Waals surface area contributed by atoms with Crippen molar-refractivity contribution in [1.29, 1.82) is 0 Å². The van der Waals surface area contributed by atoms with E-state index in [0.717, 1.165) is 24.7 Å². The summed E-state index contributed by atoms with van der Waals surface area (Å²) in [7, 11) is -1.21. The molecule has 0 aromatic carbocycles. The Morgan fingerprint density at radius 1 is 1.00 bits per heavy atom. The third-order valence-corrected chi connectivity index (χ3v) is 5.16. The summed E-state index contributed by atoms with van der Waals surface area (Å²) in [6.45, 7) is 4.44. The molecule has 0 aromatic heterocycles. The van der Waals surface area contributed by atoms with Crippen LogP contribution in [-0.2, 0) is 9.59 Å².